The Morgan fingerprint density at radius 1 is 1.13 bits per heavy atom. The van der Waals surface area contributed by atoms with Crippen LogP contribution >= 0.6 is 15.9 Å². The Morgan fingerprint density at radius 3 is 2.47 bits per heavy atom. The van der Waals surface area contributed by atoms with Crippen molar-refractivity contribution in [2.24, 2.45) is 5.92 Å². The molecular weight excluding hydrogens is 284 g/mol. The van der Waals surface area contributed by atoms with Gasteiger partial charge in [-0.3, -0.25) is 0 Å². The van der Waals surface area contributed by atoms with Crippen LogP contribution in [0.3, 0.4) is 0 Å². The van der Waals surface area contributed by atoms with Gasteiger partial charge >= 0.3 is 10.4 Å². The summed E-state index contributed by atoms with van der Waals surface area (Å²) in [6.07, 6.45) is 5.46. The molecule has 2 fully saturated rings. The summed E-state index contributed by atoms with van der Waals surface area (Å²) in [5, 5.41) is 0. The molecule has 0 radical (unpaired) electrons. The van der Waals surface area contributed by atoms with Crippen LogP contribution < -0.4 is 0 Å². The smallest absolute Gasteiger partial charge is 0.247 e. The average molecular weight is 299 g/mol. The van der Waals surface area contributed by atoms with Crippen molar-refractivity contribution in [3.63, 3.8) is 0 Å². The molecule has 1 saturated heterocycles. The molecule has 15 heavy (non-hydrogen) atoms. The molecule has 1 aliphatic carbocycles. The molecule has 0 bridgehead atoms. The minimum atomic E-state index is -3.74. The lowest BCUT2D eigenvalue weighted by Gasteiger charge is -2.34. The molecule has 0 amide bonds. The zero-order valence-corrected chi connectivity index (χ0v) is 10.8. The van der Waals surface area contributed by atoms with E-state index in [2.05, 4.69) is 20.1 Å². The summed E-state index contributed by atoms with van der Waals surface area (Å²) < 4.78 is 32.0. The first kappa shape index (κ1) is 11.8. The molecule has 0 unspecified atom stereocenters. The predicted molar refractivity (Wildman–Crippen MR) is 59.0 cm³/mol. The fraction of sp³-hybridized carbons (Fsp3) is 1.00. The van der Waals surface area contributed by atoms with Gasteiger partial charge in [0.15, 0.2) is 0 Å². The number of rotatable bonds is 1. The van der Waals surface area contributed by atoms with Gasteiger partial charge in [0.2, 0.25) is 0 Å². The van der Waals surface area contributed by atoms with Crippen LogP contribution in [0.25, 0.3) is 0 Å². The van der Waals surface area contributed by atoms with Gasteiger partial charge in [0.05, 0.1) is 17.5 Å². The molecule has 0 aromatic rings. The van der Waals surface area contributed by atoms with Crippen molar-refractivity contribution in [2.45, 2.75) is 43.0 Å². The van der Waals surface area contributed by atoms with E-state index >= 15 is 0 Å². The Bertz CT molecular complexity index is 310. The predicted octanol–water partition coefficient (Wildman–Crippen LogP) is 1.99. The second-order valence-electron chi connectivity index (χ2n) is 4.17. The van der Waals surface area contributed by atoms with E-state index < -0.39 is 10.4 Å². The highest BCUT2D eigenvalue weighted by Crippen LogP contribution is 2.34. The summed E-state index contributed by atoms with van der Waals surface area (Å²) in [5.74, 6) is 0.349. The highest BCUT2D eigenvalue weighted by molar-refractivity contribution is 9.09. The second kappa shape index (κ2) is 4.69. The SMILES string of the molecule is O=S1(=O)OC[C@@H](Br)[C@H](C2CCCCC2)O1. The van der Waals surface area contributed by atoms with Crippen LogP contribution in [-0.4, -0.2) is 26.0 Å². The van der Waals surface area contributed by atoms with Gasteiger partial charge < -0.3 is 0 Å². The van der Waals surface area contributed by atoms with Crippen molar-refractivity contribution in [1.29, 1.82) is 0 Å². The molecule has 2 aliphatic rings. The van der Waals surface area contributed by atoms with Crippen LogP contribution in [-0.2, 0) is 18.8 Å². The summed E-state index contributed by atoms with van der Waals surface area (Å²) in [6, 6.07) is 0. The van der Waals surface area contributed by atoms with Crippen LogP contribution in [0.4, 0.5) is 0 Å². The molecule has 88 valence electrons. The monoisotopic (exact) mass is 298 g/mol. The number of hydrogen-bond acceptors (Lipinski definition) is 4. The van der Waals surface area contributed by atoms with E-state index in [0.717, 1.165) is 12.8 Å². The van der Waals surface area contributed by atoms with Crippen molar-refractivity contribution < 1.29 is 16.8 Å². The molecule has 1 aliphatic heterocycles. The van der Waals surface area contributed by atoms with Gasteiger partial charge in [0.25, 0.3) is 0 Å². The first-order valence-electron chi connectivity index (χ1n) is 5.30. The maximum absolute atomic E-state index is 11.2. The fourth-order valence-corrected chi connectivity index (χ4v) is 4.23. The molecule has 4 nitrogen and oxygen atoms in total. The van der Waals surface area contributed by atoms with Gasteiger partial charge in [-0.15, -0.1) is 0 Å². The number of alkyl halides is 1. The lowest BCUT2D eigenvalue weighted by molar-refractivity contribution is 0.0470. The molecule has 6 heteroatoms. The van der Waals surface area contributed by atoms with E-state index in [1.807, 2.05) is 0 Å². The molecule has 0 aromatic carbocycles. The minimum absolute atomic E-state index is 0.0101. The Morgan fingerprint density at radius 2 is 1.80 bits per heavy atom. The quantitative estimate of drug-likeness (QED) is 0.695. The average Bonchev–Trinajstić information content (AvgIpc) is 2.23. The highest BCUT2D eigenvalue weighted by Gasteiger charge is 2.38. The topological polar surface area (TPSA) is 52.6 Å². The third kappa shape index (κ3) is 2.93. The van der Waals surface area contributed by atoms with Crippen LogP contribution in [0.1, 0.15) is 32.1 Å². The Hall–Kier alpha value is 0.350. The van der Waals surface area contributed by atoms with Gasteiger partial charge in [0, 0.05) is 0 Å². The van der Waals surface area contributed by atoms with Crippen LogP contribution in [0, 0.1) is 5.92 Å². The second-order valence-corrected chi connectivity index (χ2v) is 6.59. The van der Waals surface area contributed by atoms with Gasteiger partial charge in [-0.1, -0.05) is 35.2 Å². The van der Waals surface area contributed by atoms with E-state index in [-0.39, 0.29) is 17.5 Å². The lowest BCUT2D eigenvalue weighted by atomic mass is 9.84. The van der Waals surface area contributed by atoms with Crippen molar-refractivity contribution in [3.05, 3.63) is 0 Å². The summed E-state index contributed by atoms with van der Waals surface area (Å²) in [6.45, 7) is 0.184. The summed E-state index contributed by atoms with van der Waals surface area (Å²) in [4.78, 5) is -0.0101. The molecule has 2 atom stereocenters. The van der Waals surface area contributed by atoms with Crippen LogP contribution in [0.15, 0.2) is 0 Å². The first-order valence-corrected chi connectivity index (χ1v) is 7.55. The normalized spacial score (nSPS) is 37.7. The summed E-state index contributed by atoms with van der Waals surface area (Å²) >= 11 is 3.43. The van der Waals surface area contributed by atoms with E-state index in [1.54, 1.807) is 0 Å². The Kier molecular flexibility index (Phi) is 3.70. The maximum Gasteiger partial charge on any atom is 0.400 e. The molecule has 2 rings (SSSR count). The van der Waals surface area contributed by atoms with Gasteiger partial charge in [-0.25, -0.2) is 8.37 Å². The van der Waals surface area contributed by atoms with Crippen molar-refractivity contribution >= 4 is 26.3 Å². The van der Waals surface area contributed by atoms with E-state index in [1.165, 1.54) is 19.3 Å². The molecule has 0 aromatic heterocycles. The highest BCUT2D eigenvalue weighted by atomic mass is 79.9. The van der Waals surface area contributed by atoms with Crippen LogP contribution in [0.5, 0.6) is 0 Å². The lowest BCUT2D eigenvalue weighted by Crippen LogP contribution is -2.43. The summed E-state index contributed by atoms with van der Waals surface area (Å²) in [7, 11) is -3.74. The number of hydrogen-bond donors (Lipinski definition) is 0. The number of halogens is 1. The molecule has 1 saturated carbocycles. The largest absolute Gasteiger partial charge is 0.400 e. The fourth-order valence-electron chi connectivity index (χ4n) is 2.30. The van der Waals surface area contributed by atoms with E-state index in [4.69, 9.17) is 4.18 Å². The van der Waals surface area contributed by atoms with Crippen LogP contribution in [0.2, 0.25) is 0 Å². The van der Waals surface area contributed by atoms with E-state index in [9.17, 15) is 8.42 Å². The van der Waals surface area contributed by atoms with Crippen molar-refractivity contribution in [1.82, 2.24) is 0 Å². The standard InChI is InChI=1S/C9H15BrO4S/c10-8-6-13-15(11,12)14-9(8)7-4-2-1-3-5-7/h7-9H,1-6H2/t8-,9+/m1/s1. The zero-order valence-electron chi connectivity index (χ0n) is 8.39. The van der Waals surface area contributed by atoms with Gasteiger partial charge in [-0.05, 0) is 18.8 Å². The Labute approximate surface area is 98.8 Å². The molecule has 0 spiro atoms. The molecular formula is C9H15BrO4S. The Balaban J connectivity index is 2.04. The minimum Gasteiger partial charge on any atom is -0.247 e. The molecule has 1 heterocycles. The van der Waals surface area contributed by atoms with E-state index in [0.29, 0.717) is 5.92 Å². The van der Waals surface area contributed by atoms with Gasteiger partial charge in [0.1, 0.15) is 0 Å². The van der Waals surface area contributed by atoms with Crippen molar-refractivity contribution in [3.8, 4) is 0 Å². The first-order chi connectivity index (χ1) is 7.08. The third-order valence-corrected chi connectivity index (χ3v) is 4.74. The molecule has 0 N–H and O–H groups in total. The van der Waals surface area contributed by atoms with Crippen molar-refractivity contribution in [2.75, 3.05) is 6.61 Å². The zero-order chi connectivity index (χ0) is 10.9. The summed E-state index contributed by atoms with van der Waals surface area (Å²) in [5.41, 5.74) is 0. The maximum atomic E-state index is 11.2. The third-order valence-electron chi connectivity index (χ3n) is 3.07. The van der Waals surface area contributed by atoms with Gasteiger partial charge in [-0.2, -0.15) is 8.42 Å².